The largest absolute Gasteiger partial charge is 0.355 e. The van der Waals surface area contributed by atoms with Crippen LogP contribution in [-0.4, -0.2) is 24.9 Å². The predicted molar refractivity (Wildman–Crippen MR) is 44.9 cm³/mol. The molecule has 0 unspecified atom stereocenters. The van der Waals surface area contributed by atoms with Gasteiger partial charge in [0.2, 0.25) is 0 Å². The van der Waals surface area contributed by atoms with Crippen molar-refractivity contribution in [2.75, 3.05) is 19.0 Å². The highest BCUT2D eigenvalue weighted by atomic mass is 33.1. The first-order valence-electron chi connectivity index (χ1n) is 2.72. The van der Waals surface area contributed by atoms with Crippen LogP contribution in [0.25, 0.3) is 0 Å². The summed E-state index contributed by atoms with van der Waals surface area (Å²) in [5.74, 6) is 1.70. The van der Waals surface area contributed by atoms with E-state index in [1.165, 1.54) is 10.8 Å². The normalized spacial score (nSPS) is 16.8. The molecule has 52 valence electrons. The number of aliphatic imine (C=N–C) groups is 1. The summed E-state index contributed by atoms with van der Waals surface area (Å²) in [4.78, 5) is 4.12. The number of hydrogen-bond acceptors (Lipinski definition) is 5. The summed E-state index contributed by atoms with van der Waals surface area (Å²) in [6, 6.07) is 0. The molecule has 0 aromatic rings. The fourth-order valence-electron chi connectivity index (χ4n) is 0.617. The van der Waals surface area contributed by atoms with Crippen molar-refractivity contribution in [3.63, 3.8) is 0 Å². The smallest absolute Gasteiger partial charge is 0.192 e. The van der Waals surface area contributed by atoms with Crippen molar-refractivity contribution in [3.05, 3.63) is 0 Å². The quantitative estimate of drug-likeness (QED) is 0.306. The van der Waals surface area contributed by atoms with Crippen LogP contribution < -0.4 is 10.6 Å². The molecular formula is C4H9N3S2. The van der Waals surface area contributed by atoms with E-state index >= 15 is 0 Å². The Hall–Kier alpha value is -0.0300. The lowest BCUT2D eigenvalue weighted by atomic mass is 10.7. The van der Waals surface area contributed by atoms with Crippen LogP contribution in [0.4, 0.5) is 0 Å². The van der Waals surface area contributed by atoms with Gasteiger partial charge in [-0.25, -0.2) is 0 Å². The van der Waals surface area contributed by atoms with Gasteiger partial charge in [-0.3, -0.25) is 4.99 Å². The van der Waals surface area contributed by atoms with Gasteiger partial charge >= 0.3 is 0 Å². The van der Waals surface area contributed by atoms with E-state index in [1.807, 2.05) is 0 Å². The summed E-state index contributed by atoms with van der Waals surface area (Å²) in [6.45, 7) is 1.85. The van der Waals surface area contributed by atoms with Crippen LogP contribution in [0.5, 0.6) is 0 Å². The Morgan fingerprint density at radius 2 is 2.78 bits per heavy atom. The number of nitrogens with one attached hydrogen (secondary N) is 2. The molecule has 0 radical (unpaired) electrons. The lowest BCUT2D eigenvalue weighted by Gasteiger charge is -2.01. The first kappa shape index (κ1) is 7.08. The lowest BCUT2D eigenvalue weighted by molar-refractivity contribution is 0.937. The summed E-state index contributed by atoms with van der Waals surface area (Å²) < 4.78 is 0. The van der Waals surface area contributed by atoms with Gasteiger partial charge in [0.15, 0.2) is 5.96 Å². The fourth-order valence-corrected chi connectivity index (χ4v) is 1.01. The van der Waals surface area contributed by atoms with Crippen LogP contribution in [0.1, 0.15) is 0 Å². The van der Waals surface area contributed by atoms with Crippen molar-refractivity contribution in [2.24, 2.45) is 4.99 Å². The number of rotatable bonds is 2. The second-order valence-electron chi connectivity index (χ2n) is 1.61. The van der Waals surface area contributed by atoms with E-state index in [4.69, 9.17) is 0 Å². The highest BCUT2D eigenvalue weighted by Crippen LogP contribution is 2.00. The average molecular weight is 163 g/mol. The van der Waals surface area contributed by atoms with Crippen molar-refractivity contribution < 1.29 is 0 Å². The standard InChI is InChI=1S/C4H9N3S2/c8-9-3-7-4-5-1-2-6-4/h8H,1-3H2,(H2,5,6,7). The highest BCUT2D eigenvalue weighted by Gasteiger charge is 2.00. The summed E-state index contributed by atoms with van der Waals surface area (Å²) in [6.07, 6.45) is 0. The molecule has 5 heteroatoms. The zero-order chi connectivity index (χ0) is 6.53. The molecule has 0 aromatic carbocycles. The zero-order valence-corrected chi connectivity index (χ0v) is 6.63. The van der Waals surface area contributed by atoms with Gasteiger partial charge in [0.05, 0.1) is 12.4 Å². The molecule has 0 saturated heterocycles. The summed E-state index contributed by atoms with van der Waals surface area (Å²) >= 11 is 3.96. The van der Waals surface area contributed by atoms with E-state index in [-0.39, 0.29) is 0 Å². The van der Waals surface area contributed by atoms with E-state index in [0.717, 1.165) is 24.9 Å². The van der Waals surface area contributed by atoms with E-state index in [1.54, 1.807) is 0 Å². The Kier molecular flexibility index (Phi) is 3.06. The van der Waals surface area contributed by atoms with E-state index in [9.17, 15) is 0 Å². The van der Waals surface area contributed by atoms with Gasteiger partial charge in [0.1, 0.15) is 0 Å². The van der Waals surface area contributed by atoms with Crippen molar-refractivity contribution in [1.29, 1.82) is 0 Å². The van der Waals surface area contributed by atoms with Gasteiger partial charge in [-0.15, -0.1) is 11.7 Å². The highest BCUT2D eigenvalue weighted by molar-refractivity contribution is 8.68. The maximum absolute atomic E-state index is 4.12. The molecular weight excluding hydrogens is 154 g/mol. The van der Waals surface area contributed by atoms with E-state index < -0.39 is 0 Å². The molecule has 0 fully saturated rings. The second-order valence-corrected chi connectivity index (χ2v) is 2.93. The second kappa shape index (κ2) is 3.90. The van der Waals surface area contributed by atoms with Gasteiger partial charge in [-0.2, -0.15) is 0 Å². The van der Waals surface area contributed by atoms with E-state index in [2.05, 4.69) is 27.3 Å². The number of thiol groups is 1. The topological polar surface area (TPSA) is 36.4 Å². The molecule has 0 atom stereocenters. The number of nitrogens with zero attached hydrogens (tertiary/aromatic N) is 1. The summed E-state index contributed by atoms with van der Waals surface area (Å²) in [7, 11) is 1.45. The minimum absolute atomic E-state index is 0.801. The fraction of sp³-hybridized carbons (Fsp3) is 0.750. The Bertz CT molecular complexity index is 114. The van der Waals surface area contributed by atoms with Crippen LogP contribution in [0.2, 0.25) is 0 Å². The van der Waals surface area contributed by atoms with Crippen LogP contribution in [-0.2, 0) is 0 Å². The Morgan fingerprint density at radius 1 is 1.89 bits per heavy atom. The van der Waals surface area contributed by atoms with Gasteiger partial charge in [-0.1, -0.05) is 10.8 Å². The molecule has 1 rings (SSSR count). The van der Waals surface area contributed by atoms with Gasteiger partial charge in [0.25, 0.3) is 0 Å². The Labute approximate surface area is 63.5 Å². The van der Waals surface area contributed by atoms with Crippen LogP contribution in [0, 0.1) is 0 Å². The molecule has 3 nitrogen and oxygen atoms in total. The van der Waals surface area contributed by atoms with Crippen LogP contribution in [0.3, 0.4) is 0 Å². The lowest BCUT2D eigenvalue weighted by Crippen LogP contribution is -2.32. The first-order valence-corrected chi connectivity index (χ1v) is 4.76. The molecule has 1 heterocycles. The third-order valence-corrected chi connectivity index (χ3v) is 1.64. The minimum Gasteiger partial charge on any atom is -0.355 e. The predicted octanol–water partition coefficient (Wildman–Crippen LogP) is 0.0707. The summed E-state index contributed by atoms with van der Waals surface area (Å²) in [5, 5.41) is 6.14. The van der Waals surface area contributed by atoms with Gasteiger partial charge in [-0.05, 0) is 0 Å². The van der Waals surface area contributed by atoms with Crippen LogP contribution >= 0.6 is 22.5 Å². The van der Waals surface area contributed by atoms with Crippen LogP contribution in [0.15, 0.2) is 4.99 Å². The molecule has 0 aliphatic carbocycles. The maximum atomic E-state index is 4.12. The average Bonchev–Trinajstić information content (AvgIpc) is 2.34. The monoisotopic (exact) mass is 163 g/mol. The molecule has 0 bridgehead atoms. The number of hydrogen-bond donors (Lipinski definition) is 3. The molecule has 1 aliphatic heterocycles. The molecule has 2 N–H and O–H groups in total. The van der Waals surface area contributed by atoms with Gasteiger partial charge < -0.3 is 10.6 Å². The van der Waals surface area contributed by atoms with Crippen molar-refractivity contribution in [3.8, 4) is 0 Å². The van der Waals surface area contributed by atoms with Crippen molar-refractivity contribution in [2.45, 2.75) is 0 Å². The maximum Gasteiger partial charge on any atom is 0.192 e. The zero-order valence-electron chi connectivity index (χ0n) is 4.92. The number of guanidine groups is 1. The third kappa shape index (κ3) is 2.36. The first-order chi connectivity index (χ1) is 4.43. The minimum atomic E-state index is 0.801. The van der Waals surface area contributed by atoms with E-state index in [0.29, 0.717) is 0 Å². The third-order valence-electron chi connectivity index (χ3n) is 0.978. The summed E-state index contributed by atoms with van der Waals surface area (Å²) in [5.41, 5.74) is 0. The molecule has 0 spiro atoms. The molecule has 0 saturated carbocycles. The molecule has 0 amide bonds. The van der Waals surface area contributed by atoms with Crippen molar-refractivity contribution in [1.82, 2.24) is 10.6 Å². The molecule has 0 aromatic heterocycles. The molecule has 9 heavy (non-hydrogen) atoms. The van der Waals surface area contributed by atoms with Crippen molar-refractivity contribution >= 4 is 28.4 Å². The Balaban J connectivity index is 2.11. The Morgan fingerprint density at radius 3 is 3.33 bits per heavy atom. The van der Waals surface area contributed by atoms with Gasteiger partial charge in [0, 0.05) is 6.54 Å². The SMILES string of the molecule is SSCNC1=NCCN1. The molecule has 1 aliphatic rings.